The number of carbonyl (C=O) groups excluding carboxylic acids is 1. The zero-order valence-corrected chi connectivity index (χ0v) is 16.8. The summed E-state index contributed by atoms with van der Waals surface area (Å²) in [7, 11) is 1.59. The number of methoxy groups -OCH3 is 1. The molecule has 0 fully saturated rings. The van der Waals surface area contributed by atoms with Crippen molar-refractivity contribution in [3.05, 3.63) is 76.1 Å². The van der Waals surface area contributed by atoms with Crippen LogP contribution in [0.5, 0.6) is 5.75 Å². The van der Waals surface area contributed by atoms with Crippen LogP contribution < -0.4 is 10.1 Å². The van der Waals surface area contributed by atoms with Gasteiger partial charge in [0.25, 0.3) is 5.91 Å². The molecule has 0 saturated heterocycles. The van der Waals surface area contributed by atoms with Crippen LogP contribution in [0.3, 0.4) is 0 Å². The molecule has 27 heavy (non-hydrogen) atoms. The molecule has 3 aromatic carbocycles. The van der Waals surface area contributed by atoms with Gasteiger partial charge in [-0.2, -0.15) is 0 Å². The van der Waals surface area contributed by atoms with Gasteiger partial charge in [0.15, 0.2) is 5.13 Å². The Bertz CT molecular complexity index is 1140. The minimum absolute atomic E-state index is 0.210. The second kappa shape index (κ2) is 7.50. The van der Waals surface area contributed by atoms with Gasteiger partial charge >= 0.3 is 0 Å². The Kier molecular flexibility index (Phi) is 4.92. The fourth-order valence-corrected chi connectivity index (χ4v) is 4.04. The van der Waals surface area contributed by atoms with Crippen molar-refractivity contribution in [3.8, 4) is 17.0 Å². The number of halogens is 1. The molecular weight excluding hydrogens is 424 g/mol. The number of anilines is 1. The third kappa shape index (κ3) is 3.72. The fourth-order valence-electron chi connectivity index (χ4n) is 2.79. The molecule has 0 aliphatic rings. The van der Waals surface area contributed by atoms with Gasteiger partial charge in [0.1, 0.15) is 5.75 Å². The van der Waals surface area contributed by atoms with E-state index in [2.05, 4.69) is 50.5 Å². The lowest BCUT2D eigenvalue weighted by Gasteiger charge is -2.06. The van der Waals surface area contributed by atoms with Crippen molar-refractivity contribution >= 4 is 49.1 Å². The molecule has 0 aliphatic carbocycles. The first-order valence-corrected chi connectivity index (χ1v) is 9.91. The highest BCUT2D eigenvalue weighted by Crippen LogP contribution is 2.29. The highest BCUT2D eigenvalue weighted by atomic mass is 79.9. The molecule has 4 aromatic rings. The van der Waals surface area contributed by atoms with Crippen molar-refractivity contribution in [1.29, 1.82) is 0 Å². The summed E-state index contributed by atoms with van der Waals surface area (Å²) in [5, 5.41) is 7.72. The number of aromatic nitrogens is 1. The van der Waals surface area contributed by atoms with E-state index in [0.29, 0.717) is 16.4 Å². The molecule has 134 valence electrons. The molecule has 0 atom stereocenters. The zero-order chi connectivity index (χ0) is 18.8. The van der Waals surface area contributed by atoms with E-state index in [0.717, 1.165) is 21.1 Å². The highest BCUT2D eigenvalue weighted by Gasteiger charge is 2.12. The van der Waals surface area contributed by atoms with E-state index in [-0.39, 0.29) is 5.91 Å². The number of fused-ring (bicyclic) bond motifs is 1. The van der Waals surface area contributed by atoms with Crippen molar-refractivity contribution in [2.75, 3.05) is 12.4 Å². The average Bonchev–Trinajstić information content (AvgIpc) is 3.16. The van der Waals surface area contributed by atoms with Crippen molar-refractivity contribution in [3.63, 3.8) is 0 Å². The molecule has 4 rings (SSSR count). The smallest absolute Gasteiger partial charge is 0.257 e. The Hall–Kier alpha value is -2.70. The van der Waals surface area contributed by atoms with Gasteiger partial charge in [-0.05, 0) is 51.0 Å². The van der Waals surface area contributed by atoms with Gasteiger partial charge in [-0.15, -0.1) is 11.3 Å². The maximum absolute atomic E-state index is 12.5. The molecule has 0 saturated carbocycles. The van der Waals surface area contributed by atoms with Gasteiger partial charge in [-0.25, -0.2) is 4.98 Å². The number of ether oxygens (including phenoxy) is 1. The first kappa shape index (κ1) is 17.7. The van der Waals surface area contributed by atoms with E-state index >= 15 is 0 Å². The van der Waals surface area contributed by atoms with Gasteiger partial charge in [-0.1, -0.05) is 36.4 Å². The fraction of sp³-hybridized carbons (Fsp3) is 0.0476. The molecule has 1 aromatic heterocycles. The van der Waals surface area contributed by atoms with Crippen LogP contribution in [0.2, 0.25) is 0 Å². The number of amides is 1. The quantitative estimate of drug-likeness (QED) is 0.425. The molecule has 4 nitrogen and oxygen atoms in total. The van der Waals surface area contributed by atoms with Crippen LogP contribution in [0.1, 0.15) is 10.4 Å². The van der Waals surface area contributed by atoms with Crippen LogP contribution in [0, 0.1) is 0 Å². The molecule has 0 spiro atoms. The summed E-state index contributed by atoms with van der Waals surface area (Å²) in [5.74, 6) is 0.470. The Labute approximate surface area is 169 Å². The SMILES string of the molecule is COc1ccc(C(=O)Nc2nc(-c3ccc4ccccc4c3)cs2)cc1Br. The molecule has 1 heterocycles. The molecule has 0 bridgehead atoms. The highest BCUT2D eigenvalue weighted by molar-refractivity contribution is 9.10. The summed E-state index contributed by atoms with van der Waals surface area (Å²) in [4.78, 5) is 17.0. The van der Waals surface area contributed by atoms with Gasteiger partial charge in [0.2, 0.25) is 0 Å². The first-order valence-electron chi connectivity index (χ1n) is 8.23. The Morgan fingerprint density at radius 3 is 2.67 bits per heavy atom. The Morgan fingerprint density at radius 2 is 1.89 bits per heavy atom. The second-order valence-electron chi connectivity index (χ2n) is 5.90. The van der Waals surface area contributed by atoms with Gasteiger partial charge in [0.05, 0.1) is 17.3 Å². The van der Waals surface area contributed by atoms with E-state index in [9.17, 15) is 4.79 Å². The lowest BCUT2D eigenvalue weighted by Crippen LogP contribution is -2.11. The third-order valence-electron chi connectivity index (χ3n) is 4.18. The summed E-state index contributed by atoms with van der Waals surface area (Å²) < 4.78 is 5.92. The lowest BCUT2D eigenvalue weighted by atomic mass is 10.1. The van der Waals surface area contributed by atoms with Crippen molar-refractivity contribution in [2.45, 2.75) is 0 Å². The number of thiazole rings is 1. The van der Waals surface area contributed by atoms with Crippen LogP contribution in [0.25, 0.3) is 22.0 Å². The normalized spacial score (nSPS) is 10.7. The van der Waals surface area contributed by atoms with Crippen LogP contribution in [0.4, 0.5) is 5.13 Å². The van der Waals surface area contributed by atoms with Crippen LogP contribution in [0.15, 0.2) is 70.5 Å². The van der Waals surface area contributed by atoms with E-state index < -0.39 is 0 Å². The molecule has 6 heteroatoms. The predicted octanol–water partition coefficient (Wildman–Crippen LogP) is 5.99. The molecule has 0 radical (unpaired) electrons. The number of carbonyl (C=O) groups is 1. The van der Waals surface area contributed by atoms with E-state index in [4.69, 9.17) is 4.74 Å². The molecule has 0 unspecified atom stereocenters. The van der Waals surface area contributed by atoms with Crippen molar-refractivity contribution in [2.24, 2.45) is 0 Å². The number of rotatable bonds is 4. The predicted molar refractivity (Wildman–Crippen MR) is 114 cm³/mol. The monoisotopic (exact) mass is 438 g/mol. The molecular formula is C21H15BrN2O2S. The Balaban J connectivity index is 1.55. The van der Waals surface area contributed by atoms with E-state index in [1.807, 2.05) is 23.6 Å². The number of hydrogen-bond donors (Lipinski definition) is 1. The lowest BCUT2D eigenvalue weighted by molar-refractivity contribution is 0.102. The topological polar surface area (TPSA) is 51.2 Å². The number of nitrogens with zero attached hydrogens (tertiary/aromatic N) is 1. The van der Waals surface area contributed by atoms with Crippen LogP contribution >= 0.6 is 27.3 Å². The van der Waals surface area contributed by atoms with Gasteiger partial charge in [-0.3, -0.25) is 10.1 Å². The van der Waals surface area contributed by atoms with Gasteiger partial charge < -0.3 is 4.74 Å². The summed E-state index contributed by atoms with van der Waals surface area (Å²) >= 11 is 4.80. The first-order chi connectivity index (χ1) is 13.1. The van der Waals surface area contributed by atoms with Crippen molar-refractivity contribution < 1.29 is 9.53 Å². The van der Waals surface area contributed by atoms with E-state index in [1.165, 1.54) is 16.7 Å². The standard InChI is InChI=1S/C21H15BrN2O2S/c1-26-19-9-8-16(11-17(19)22)20(25)24-21-23-18(12-27-21)15-7-6-13-4-2-3-5-14(13)10-15/h2-12H,1H3,(H,23,24,25). The summed E-state index contributed by atoms with van der Waals surface area (Å²) in [5.41, 5.74) is 2.40. The second-order valence-corrected chi connectivity index (χ2v) is 7.62. The average molecular weight is 439 g/mol. The number of hydrogen-bond acceptors (Lipinski definition) is 4. The Morgan fingerprint density at radius 1 is 1.07 bits per heavy atom. The summed E-state index contributed by atoms with van der Waals surface area (Å²) in [6.07, 6.45) is 0. The van der Waals surface area contributed by atoms with E-state index in [1.54, 1.807) is 25.3 Å². The third-order valence-corrected chi connectivity index (χ3v) is 5.56. The molecule has 1 amide bonds. The largest absolute Gasteiger partial charge is 0.496 e. The van der Waals surface area contributed by atoms with Crippen molar-refractivity contribution in [1.82, 2.24) is 4.98 Å². The maximum Gasteiger partial charge on any atom is 0.257 e. The van der Waals surface area contributed by atoms with Gasteiger partial charge in [0, 0.05) is 16.5 Å². The number of benzene rings is 3. The minimum Gasteiger partial charge on any atom is -0.496 e. The molecule has 0 aliphatic heterocycles. The zero-order valence-electron chi connectivity index (χ0n) is 14.4. The van der Waals surface area contributed by atoms with Crippen LogP contribution in [-0.4, -0.2) is 18.0 Å². The number of nitrogens with one attached hydrogen (secondary N) is 1. The maximum atomic E-state index is 12.5. The summed E-state index contributed by atoms with van der Waals surface area (Å²) in [6.45, 7) is 0. The minimum atomic E-state index is -0.210. The summed E-state index contributed by atoms with van der Waals surface area (Å²) in [6, 6.07) is 19.6. The van der Waals surface area contributed by atoms with Crippen LogP contribution in [-0.2, 0) is 0 Å². The molecule has 1 N–H and O–H groups in total.